The molecule has 0 nitrogen and oxygen atoms in total. The van der Waals surface area contributed by atoms with Gasteiger partial charge in [0.25, 0.3) is 0 Å². The Hall–Kier alpha value is -0.100. The van der Waals surface area contributed by atoms with Gasteiger partial charge in [-0.3, -0.25) is 0 Å². The molecule has 0 rings (SSSR count). The van der Waals surface area contributed by atoms with Crippen LogP contribution in [0.5, 0.6) is 0 Å². The fourth-order valence-electron chi connectivity index (χ4n) is 0.430. The van der Waals surface area contributed by atoms with E-state index in [9.17, 15) is 26.3 Å². The molecule has 0 atom stereocenters. The van der Waals surface area contributed by atoms with Crippen LogP contribution in [0.3, 0.4) is 0 Å². The van der Waals surface area contributed by atoms with E-state index in [4.69, 9.17) is 11.6 Å². The summed E-state index contributed by atoms with van der Waals surface area (Å²) in [6.45, 7) is 0. The Morgan fingerprint density at radius 1 is 0.923 bits per heavy atom. The monoisotopic (exact) mass is 246 g/mol. The van der Waals surface area contributed by atoms with Crippen molar-refractivity contribution in [3.8, 4) is 0 Å². The highest BCUT2D eigenvalue weighted by atomic mass is 35.5. The van der Waals surface area contributed by atoms with E-state index in [1.807, 2.05) is 0 Å². The van der Waals surface area contributed by atoms with E-state index in [0.717, 1.165) is 0 Å². The smallest absolute Gasteiger partial charge is 0.166 e. The molecule has 0 aromatic carbocycles. The minimum absolute atomic E-state index is 1.33. The molecule has 0 N–H and O–H groups in total. The molecule has 0 spiro atoms. The first-order valence-corrected chi connectivity index (χ1v) is 3.61. The molecule has 0 bridgehead atoms. The zero-order valence-electron chi connectivity index (χ0n) is 5.73. The van der Waals surface area contributed by atoms with E-state index in [2.05, 4.69) is 11.6 Å². The van der Waals surface area contributed by atoms with Crippen molar-refractivity contribution in [2.45, 2.75) is 12.4 Å². The van der Waals surface area contributed by atoms with Gasteiger partial charge < -0.3 is 0 Å². The maximum absolute atomic E-state index is 11.8. The first kappa shape index (κ1) is 12.9. The average molecular weight is 247 g/mol. The molecule has 0 aromatic rings. The number of allylic oxidation sites excluding steroid dienone is 2. The largest absolute Gasteiger partial charge is 0.427 e. The molecule has 0 aliphatic heterocycles. The number of hydrogen-bond acceptors (Lipinski definition) is 0. The Bertz CT molecular complexity index is 212. The number of hydrogen-bond donors (Lipinski definition) is 0. The van der Waals surface area contributed by atoms with Crippen LogP contribution >= 0.6 is 23.2 Å². The van der Waals surface area contributed by atoms with Crippen molar-refractivity contribution < 1.29 is 26.3 Å². The van der Waals surface area contributed by atoms with E-state index >= 15 is 0 Å². The molecule has 0 saturated heterocycles. The van der Waals surface area contributed by atoms with Crippen LogP contribution in [0.1, 0.15) is 0 Å². The van der Waals surface area contributed by atoms with Crippen molar-refractivity contribution in [2.75, 3.05) is 5.88 Å². The van der Waals surface area contributed by atoms with Crippen molar-refractivity contribution >= 4 is 23.2 Å². The molecule has 8 heteroatoms. The average Bonchev–Trinajstić information content (AvgIpc) is 1.83. The lowest BCUT2D eigenvalue weighted by Crippen LogP contribution is -2.20. The molecule has 78 valence electrons. The van der Waals surface area contributed by atoms with Gasteiger partial charge in [-0.15, -0.1) is 11.6 Å². The van der Waals surface area contributed by atoms with E-state index in [1.54, 1.807) is 0 Å². The molecular formula is C5H2Cl2F6. The summed E-state index contributed by atoms with van der Waals surface area (Å²) in [5.41, 5.74) is -1.98. The lowest BCUT2D eigenvalue weighted by atomic mass is 10.2. The van der Waals surface area contributed by atoms with Crippen LogP contribution in [0, 0.1) is 0 Å². The second kappa shape index (κ2) is 3.96. The molecule has 0 aliphatic carbocycles. The van der Waals surface area contributed by atoms with Crippen LogP contribution in [0.2, 0.25) is 0 Å². The molecule has 0 heterocycles. The maximum atomic E-state index is 11.8. The lowest BCUT2D eigenvalue weighted by molar-refractivity contribution is -0.109. The Morgan fingerprint density at radius 2 is 1.31 bits per heavy atom. The van der Waals surface area contributed by atoms with Crippen LogP contribution in [0.4, 0.5) is 26.3 Å². The van der Waals surface area contributed by atoms with Crippen LogP contribution in [0.15, 0.2) is 10.6 Å². The molecule has 0 saturated carbocycles. The second-order valence-corrected chi connectivity index (χ2v) is 2.57. The van der Waals surface area contributed by atoms with E-state index in [1.165, 1.54) is 0 Å². The quantitative estimate of drug-likeness (QED) is 0.487. The van der Waals surface area contributed by atoms with Crippen molar-refractivity contribution in [1.82, 2.24) is 0 Å². The van der Waals surface area contributed by atoms with Gasteiger partial charge in [-0.2, -0.15) is 26.3 Å². The van der Waals surface area contributed by atoms with Gasteiger partial charge in [0.2, 0.25) is 0 Å². The third kappa shape index (κ3) is 3.64. The number of halogens is 8. The minimum Gasteiger partial charge on any atom is -0.166 e. The van der Waals surface area contributed by atoms with Crippen molar-refractivity contribution in [2.24, 2.45) is 0 Å². The van der Waals surface area contributed by atoms with E-state index in [0.29, 0.717) is 0 Å². The summed E-state index contributed by atoms with van der Waals surface area (Å²) in [5.74, 6) is -1.33. The highest BCUT2D eigenvalue weighted by Gasteiger charge is 2.44. The fraction of sp³-hybridized carbons (Fsp3) is 0.600. The summed E-state index contributed by atoms with van der Waals surface area (Å²) >= 11 is 9.15. The van der Waals surface area contributed by atoms with Crippen LogP contribution in [-0.2, 0) is 0 Å². The molecule has 0 aliphatic rings. The second-order valence-electron chi connectivity index (χ2n) is 1.92. The molecule has 0 radical (unpaired) electrons. The highest BCUT2D eigenvalue weighted by molar-refractivity contribution is 6.31. The fourth-order valence-corrected chi connectivity index (χ4v) is 0.957. The Balaban J connectivity index is 5.16. The van der Waals surface area contributed by atoms with Gasteiger partial charge in [0.15, 0.2) is 0 Å². The molecule has 0 fully saturated rings. The van der Waals surface area contributed by atoms with Gasteiger partial charge in [-0.1, -0.05) is 11.6 Å². The minimum atomic E-state index is -5.22. The summed E-state index contributed by atoms with van der Waals surface area (Å²) in [6, 6.07) is 0. The van der Waals surface area contributed by atoms with Gasteiger partial charge in [-0.05, 0) is 0 Å². The summed E-state index contributed by atoms with van der Waals surface area (Å²) in [5, 5.41) is -2.23. The van der Waals surface area contributed by atoms with Gasteiger partial charge in [0, 0.05) is 0 Å². The Morgan fingerprint density at radius 3 is 1.38 bits per heavy atom. The van der Waals surface area contributed by atoms with Crippen LogP contribution in [0.25, 0.3) is 0 Å². The molecule has 0 amide bonds. The predicted molar refractivity (Wildman–Crippen MR) is 35.7 cm³/mol. The molecule has 0 unspecified atom stereocenters. The van der Waals surface area contributed by atoms with Crippen molar-refractivity contribution in [3.63, 3.8) is 0 Å². The predicted octanol–water partition coefficient (Wildman–Crippen LogP) is 3.84. The van der Waals surface area contributed by atoms with Gasteiger partial charge in [0.1, 0.15) is 5.03 Å². The SMILES string of the molecule is FC(F)(F)C(Cl)=C(CCl)C(F)(F)F. The maximum Gasteiger partial charge on any atom is 0.427 e. The first-order valence-electron chi connectivity index (χ1n) is 2.69. The zero-order valence-corrected chi connectivity index (χ0v) is 7.24. The summed E-state index contributed by atoms with van der Waals surface area (Å²) in [7, 11) is 0. The third-order valence-electron chi connectivity index (χ3n) is 0.990. The normalized spacial score (nSPS) is 15.7. The number of alkyl halides is 7. The number of rotatable bonds is 1. The molecule has 13 heavy (non-hydrogen) atoms. The lowest BCUT2D eigenvalue weighted by Gasteiger charge is -2.13. The van der Waals surface area contributed by atoms with Crippen molar-refractivity contribution in [1.29, 1.82) is 0 Å². The van der Waals surface area contributed by atoms with Gasteiger partial charge in [-0.25, -0.2) is 0 Å². The zero-order chi connectivity index (χ0) is 10.9. The van der Waals surface area contributed by atoms with E-state index < -0.39 is 28.8 Å². The van der Waals surface area contributed by atoms with Crippen LogP contribution < -0.4 is 0 Å². The van der Waals surface area contributed by atoms with Crippen LogP contribution in [-0.4, -0.2) is 18.2 Å². The summed E-state index contributed by atoms with van der Waals surface area (Å²) in [4.78, 5) is 0. The van der Waals surface area contributed by atoms with Gasteiger partial charge in [0.05, 0.1) is 11.5 Å². The summed E-state index contributed by atoms with van der Waals surface area (Å²) in [6.07, 6.45) is -10.4. The Kier molecular flexibility index (Phi) is 3.93. The topological polar surface area (TPSA) is 0 Å². The summed E-state index contributed by atoms with van der Waals surface area (Å²) < 4.78 is 70.3. The van der Waals surface area contributed by atoms with E-state index in [-0.39, 0.29) is 0 Å². The standard InChI is InChI=1S/C5H2Cl2F6/c6-1-2(4(8,9)10)3(7)5(11,12)13/h1H2. The first-order chi connectivity index (χ1) is 5.60. The van der Waals surface area contributed by atoms with Crippen molar-refractivity contribution in [3.05, 3.63) is 10.6 Å². The van der Waals surface area contributed by atoms with Gasteiger partial charge >= 0.3 is 12.4 Å². The molecule has 0 aromatic heterocycles. The third-order valence-corrected chi connectivity index (χ3v) is 1.70. The molecular weight excluding hydrogens is 245 g/mol. The highest BCUT2D eigenvalue weighted by Crippen LogP contribution is 2.38. The Labute approximate surface area is 79.1 Å².